The van der Waals surface area contributed by atoms with Crippen LogP contribution in [0.25, 0.3) is 0 Å². The number of carbonyl (C=O) groups is 1. The Morgan fingerprint density at radius 2 is 2.12 bits per heavy atom. The number of nitrogens with zero attached hydrogens (tertiary/aromatic N) is 1. The lowest BCUT2D eigenvalue weighted by Crippen LogP contribution is -1.90. The van der Waals surface area contributed by atoms with Gasteiger partial charge in [0.15, 0.2) is 6.29 Å². The lowest BCUT2D eigenvalue weighted by molar-refractivity contribution is 0.112. The van der Waals surface area contributed by atoms with Gasteiger partial charge in [0.2, 0.25) is 5.88 Å². The summed E-state index contributed by atoms with van der Waals surface area (Å²) in [5, 5.41) is 0. The van der Waals surface area contributed by atoms with Crippen molar-refractivity contribution in [2.45, 2.75) is 6.92 Å². The Bertz CT molecular complexity index is 538. The predicted molar refractivity (Wildman–Crippen MR) is 68.6 cm³/mol. The van der Waals surface area contributed by atoms with E-state index in [1.165, 1.54) is 6.20 Å². The zero-order chi connectivity index (χ0) is 12.3. The Morgan fingerprint density at radius 3 is 2.71 bits per heavy atom. The van der Waals surface area contributed by atoms with Crippen LogP contribution in [0.15, 0.2) is 41.0 Å². The average molecular weight is 292 g/mol. The van der Waals surface area contributed by atoms with Crippen LogP contribution in [0, 0.1) is 6.92 Å². The molecule has 0 aliphatic carbocycles. The quantitative estimate of drug-likeness (QED) is 0.809. The first kappa shape index (κ1) is 11.8. The van der Waals surface area contributed by atoms with Crippen LogP contribution in [0.5, 0.6) is 11.6 Å². The molecule has 0 unspecified atom stereocenters. The smallest absolute Gasteiger partial charge is 0.219 e. The van der Waals surface area contributed by atoms with Gasteiger partial charge in [-0.2, -0.15) is 0 Å². The van der Waals surface area contributed by atoms with E-state index in [0.717, 1.165) is 22.1 Å². The second-order valence-corrected chi connectivity index (χ2v) is 4.42. The maximum Gasteiger partial charge on any atom is 0.219 e. The first-order valence-electron chi connectivity index (χ1n) is 5.04. The molecule has 0 aliphatic rings. The van der Waals surface area contributed by atoms with Crippen molar-refractivity contribution in [2.75, 3.05) is 0 Å². The Morgan fingerprint density at radius 1 is 1.29 bits per heavy atom. The Kier molecular flexibility index (Phi) is 3.54. The normalized spacial score (nSPS) is 10.0. The standard InChI is InChI=1S/C13H10BrNO2/c1-9-6-11(3-4-12(9)14)17-13-5-2-10(8-16)7-15-13/h2-8H,1H3. The number of benzene rings is 1. The molecular formula is C13H10BrNO2. The van der Waals surface area contributed by atoms with Gasteiger partial charge in [-0.25, -0.2) is 4.98 Å². The highest BCUT2D eigenvalue weighted by Gasteiger charge is 2.01. The van der Waals surface area contributed by atoms with Crippen molar-refractivity contribution in [3.63, 3.8) is 0 Å². The minimum atomic E-state index is 0.470. The number of aromatic nitrogens is 1. The van der Waals surface area contributed by atoms with Crippen LogP contribution in [0.1, 0.15) is 15.9 Å². The maximum atomic E-state index is 10.5. The molecule has 0 radical (unpaired) electrons. The summed E-state index contributed by atoms with van der Waals surface area (Å²) >= 11 is 3.42. The van der Waals surface area contributed by atoms with Gasteiger partial charge >= 0.3 is 0 Å². The number of ether oxygens (including phenoxy) is 1. The van der Waals surface area contributed by atoms with Gasteiger partial charge in [-0.05, 0) is 36.8 Å². The summed E-state index contributed by atoms with van der Waals surface area (Å²) in [4.78, 5) is 14.5. The molecule has 0 saturated heterocycles. The van der Waals surface area contributed by atoms with Crippen LogP contribution in [0.4, 0.5) is 0 Å². The second-order valence-electron chi connectivity index (χ2n) is 3.56. The maximum absolute atomic E-state index is 10.5. The van der Waals surface area contributed by atoms with Crippen molar-refractivity contribution in [3.8, 4) is 11.6 Å². The molecule has 0 atom stereocenters. The molecule has 0 aliphatic heterocycles. The third kappa shape index (κ3) is 2.91. The third-order valence-electron chi connectivity index (χ3n) is 2.25. The fourth-order valence-corrected chi connectivity index (χ4v) is 1.57. The number of aldehydes is 1. The molecule has 0 amide bonds. The fraction of sp³-hybridized carbons (Fsp3) is 0.0769. The second kappa shape index (κ2) is 5.10. The van der Waals surface area contributed by atoms with Gasteiger partial charge in [0.25, 0.3) is 0 Å². The lowest BCUT2D eigenvalue weighted by Gasteiger charge is -2.06. The Balaban J connectivity index is 2.19. The van der Waals surface area contributed by atoms with Gasteiger partial charge in [-0.15, -0.1) is 0 Å². The molecule has 4 heteroatoms. The van der Waals surface area contributed by atoms with E-state index in [1.807, 2.05) is 25.1 Å². The average Bonchev–Trinajstić information content (AvgIpc) is 2.35. The molecule has 86 valence electrons. The molecule has 1 aromatic carbocycles. The number of halogens is 1. The van der Waals surface area contributed by atoms with Crippen molar-refractivity contribution in [1.82, 2.24) is 4.98 Å². The first-order chi connectivity index (χ1) is 8.19. The summed E-state index contributed by atoms with van der Waals surface area (Å²) in [5.41, 5.74) is 1.62. The minimum absolute atomic E-state index is 0.470. The monoisotopic (exact) mass is 291 g/mol. The molecule has 2 rings (SSSR count). The van der Waals surface area contributed by atoms with Crippen molar-refractivity contribution in [1.29, 1.82) is 0 Å². The minimum Gasteiger partial charge on any atom is -0.439 e. The zero-order valence-electron chi connectivity index (χ0n) is 9.18. The first-order valence-corrected chi connectivity index (χ1v) is 5.83. The molecule has 17 heavy (non-hydrogen) atoms. The van der Waals surface area contributed by atoms with Gasteiger partial charge in [-0.3, -0.25) is 4.79 Å². The predicted octanol–water partition coefficient (Wildman–Crippen LogP) is 3.76. The molecule has 3 nitrogen and oxygen atoms in total. The van der Waals surface area contributed by atoms with Gasteiger partial charge in [0.05, 0.1) is 0 Å². The highest BCUT2D eigenvalue weighted by Crippen LogP contribution is 2.24. The summed E-state index contributed by atoms with van der Waals surface area (Å²) in [5.74, 6) is 1.19. The van der Waals surface area contributed by atoms with E-state index in [0.29, 0.717) is 11.4 Å². The van der Waals surface area contributed by atoms with Crippen molar-refractivity contribution in [2.24, 2.45) is 0 Å². The van der Waals surface area contributed by atoms with Crippen LogP contribution in [0.3, 0.4) is 0 Å². The van der Waals surface area contributed by atoms with Gasteiger partial charge in [-0.1, -0.05) is 15.9 Å². The SMILES string of the molecule is Cc1cc(Oc2ccc(C=O)cn2)ccc1Br. The van der Waals surface area contributed by atoms with E-state index in [9.17, 15) is 4.79 Å². The summed E-state index contributed by atoms with van der Waals surface area (Å²) < 4.78 is 6.60. The largest absolute Gasteiger partial charge is 0.439 e. The Hall–Kier alpha value is -1.68. The summed E-state index contributed by atoms with van der Waals surface area (Å²) in [6.45, 7) is 1.99. The summed E-state index contributed by atoms with van der Waals surface area (Å²) in [7, 11) is 0. The van der Waals surface area contributed by atoms with E-state index < -0.39 is 0 Å². The highest BCUT2D eigenvalue weighted by atomic mass is 79.9. The van der Waals surface area contributed by atoms with Crippen LogP contribution in [-0.4, -0.2) is 11.3 Å². The van der Waals surface area contributed by atoms with E-state index in [4.69, 9.17) is 4.74 Å². The number of hydrogen-bond donors (Lipinski definition) is 0. The lowest BCUT2D eigenvalue weighted by atomic mass is 10.2. The topological polar surface area (TPSA) is 39.2 Å². The zero-order valence-corrected chi connectivity index (χ0v) is 10.8. The van der Waals surface area contributed by atoms with Gasteiger partial charge in [0, 0.05) is 22.3 Å². The molecule has 0 fully saturated rings. The van der Waals surface area contributed by atoms with Crippen molar-refractivity contribution in [3.05, 3.63) is 52.1 Å². The van der Waals surface area contributed by atoms with Crippen LogP contribution >= 0.6 is 15.9 Å². The number of hydrogen-bond acceptors (Lipinski definition) is 3. The molecule has 2 aromatic rings. The van der Waals surface area contributed by atoms with E-state index in [1.54, 1.807) is 12.1 Å². The molecular weight excluding hydrogens is 282 g/mol. The van der Waals surface area contributed by atoms with Crippen molar-refractivity contribution >= 4 is 22.2 Å². The number of aryl methyl sites for hydroxylation is 1. The molecule has 0 N–H and O–H groups in total. The molecule has 1 heterocycles. The van der Waals surface area contributed by atoms with E-state index in [2.05, 4.69) is 20.9 Å². The molecule has 0 saturated carbocycles. The summed E-state index contributed by atoms with van der Waals surface area (Å²) in [6, 6.07) is 9.03. The number of rotatable bonds is 3. The van der Waals surface area contributed by atoms with Crippen LogP contribution < -0.4 is 4.74 Å². The number of pyridine rings is 1. The van der Waals surface area contributed by atoms with E-state index in [-0.39, 0.29) is 0 Å². The third-order valence-corrected chi connectivity index (χ3v) is 3.14. The van der Waals surface area contributed by atoms with Crippen LogP contribution in [0.2, 0.25) is 0 Å². The Labute approximate surface area is 108 Å². The number of carbonyl (C=O) groups excluding carboxylic acids is 1. The molecule has 1 aromatic heterocycles. The fourth-order valence-electron chi connectivity index (χ4n) is 1.32. The van der Waals surface area contributed by atoms with Gasteiger partial charge in [0.1, 0.15) is 5.75 Å². The molecule has 0 spiro atoms. The summed E-state index contributed by atoms with van der Waals surface area (Å²) in [6.07, 6.45) is 2.23. The molecule has 0 bridgehead atoms. The highest BCUT2D eigenvalue weighted by molar-refractivity contribution is 9.10. The van der Waals surface area contributed by atoms with Crippen molar-refractivity contribution < 1.29 is 9.53 Å². The van der Waals surface area contributed by atoms with Gasteiger partial charge < -0.3 is 4.74 Å². The van der Waals surface area contributed by atoms with Crippen LogP contribution in [-0.2, 0) is 0 Å². The van der Waals surface area contributed by atoms with E-state index >= 15 is 0 Å².